The number of ether oxygens (including phenoxy) is 3. The highest BCUT2D eigenvalue weighted by Crippen LogP contribution is 2.40. The Morgan fingerprint density at radius 2 is 1.59 bits per heavy atom. The van der Waals surface area contributed by atoms with E-state index in [0.29, 0.717) is 22.2 Å². The first-order valence-electron chi connectivity index (χ1n) is 12.2. The Kier molecular flexibility index (Phi) is 10.0. The van der Waals surface area contributed by atoms with Crippen LogP contribution >= 0.6 is 0 Å². The number of hydrogen-bond donors (Lipinski definition) is 3. The van der Waals surface area contributed by atoms with Gasteiger partial charge in [0.1, 0.15) is 11.3 Å². The van der Waals surface area contributed by atoms with Gasteiger partial charge in [0, 0.05) is 46.8 Å². The molecule has 0 saturated heterocycles. The number of H-pyrrole nitrogens is 1. The molecule has 210 valence electrons. The zero-order chi connectivity index (χ0) is 29.5. The fourth-order valence-electron chi connectivity index (χ4n) is 3.66. The fourth-order valence-corrected chi connectivity index (χ4v) is 3.66. The Labute approximate surface area is 227 Å². The summed E-state index contributed by atoms with van der Waals surface area (Å²) < 4.78 is 14.1. The number of pyridine rings is 1. The largest absolute Gasteiger partial charge is 0.513 e. The maximum absolute atomic E-state index is 13.2. The van der Waals surface area contributed by atoms with Crippen LogP contribution in [0.15, 0.2) is 47.4 Å². The number of nitrogens with one attached hydrogen (secondary N) is 2. The molecule has 3 aromatic rings. The van der Waals surface area contributed by atoms with E-state index in [1.807, 2.05) is 34.6 Å². The van der Waals surface area contributed by atoms with Gasteiger partial charge in [-0.1, -0.05) is 46.8 Å². The number of carbonyl (C=O) groups is 3. The number of methoxy groups -OCH3 is 2. The highest BCUT2D eigenvalue weighted by atomic mass is 16.7. The molecule has 0 bridgehead atoms. The molecular weight excluding hydrogens is 504 g/mol. The fraction of sp³-hybridized carbons (Fsp3) is 0.379. The molecule has 0 saturated carbocycles. The average molecular weight is 541 g/mol. The van der Waals surface area contributed by atoms with Gasteiger partial charge in [-0.25, -0.2) is 4.79 Å². The van der Waals surface area contributed by atoms with Gasteiger partial charge >= 0.3 is 12.1 Å². The predicted octanol–water partition coefficient (Wildman–Crippen LogP) is 4.67. The van der Waals surface area contributed by atoms with Crippen molar-refractivity contribution in [2.45, 2.75) is 52.4 Å². The van der Waals surface area contributed by atoms with Crippen LogP contribution in [0.25, 0.3) is 10.9 Å². The summed E-state index contributed by atoms with van der Waals surface area (Å²) in [7, 11) is 2.54. The summed E-state index contributed by atoms with van der Waals surface area (Å²) in [5.41, 5.74) is 0.704. The molecule has 0 unspecified atom stereocenters. The van der Waals surface area contributed by atoms with Gasteiger partial charge in [0.05, 0.1) is 20.8 Å². The van der Waals surface area contributed by atoms with Gasteiger partial charge in [-0.05, 0) is 29.2 Å². The number of benzene rings is 2. The third-order valence-electron chi connectivity index (χ3n) is 5.98. The summed E-state index contributed by atoms with van der Waals surface area (Å²) in [5.74, 6) is -0.706. The Hall–Kier alpha value is -4.18. The monoisotopic (exact) mass is 540 g/mol. The van der Waals surface area contributed by atoms with E-state index in [1.165, 1.54) is 33.4 Å². The molecular formula is C29H36N2O8. The van der Waals surface area contributed by atoms with E-state index in [2.05, 4.69) is 19.8 Å². The molecule has 10 nitrogen and oxygen atoms in total. The third-order valence-corrected chi connectivity index (χ3v) is 5.98. The number of aliphatic hydroxyl groups is 1. The SMILES string of the molecule is COC(=O)Oc1cc(NC(=O)c2c[nH]c3ccccc3c2=O)c(C(C)(C)C)cc1C(C)(C)CO.COC(C)=O. The number of aromatic amines is 1. The number of fused-ring (bicyclic) bond motifs is 1. The lowest BCUT2D eigenvalue weighted by Gasteiger charge is -2.30. The first-order chi connectivity index (χ1) is 18.2. The summed E-state index contributed by atoms with van der Waals surface area (Å²) >= 11 is 0. The van der Waals surface area contributed by atoms with Crippen molar-refractivity contribution >= 4 is 34.6 Å². The van der Waals surface area contributed by atoms with Crippen molar-refractivity contribution in [3.8, 4) is 5.75 Å². The Morgan fingerprint density at radius 3 is 2.13 bits per heavy atom. The lowest BCUT2D eigenvalue weighted by Crippen LogP contribution is -2.27. The highest BCUT2D eigenvalue weighted by Gasteiger charge is 2.30. The minimum absolute atomic E-state index is 0.0474. The summed E-state index contributed by atoms with van der Waals surface area (Å²) in [6.45, 7) is 10.7. The van der Waals surface area contributed by atoms with E-state index in [9.17, 15) is 24.3 Å². The molecule has 0 fully saturated rings. The van der Waals surface area contributed by atoms with Crippen LogP contribution in [0.4, 0.5) is 10.5 Å². The second kappa shape index (κ2) is 12.6. The van der Waals surface area contributed by atoms with E-state index < -0.39 is 28.3 Å². The highest BCUT2D eigenvalue weighted by molar-refractivity contribution is 6.06. The zero-order valence-electron chi connectivity index (χ0n) is 23.6. The first-order valence-corrected chi connectivity index (χ1v) is 12.2. The van der Waals surface area contributed by atoms with Crippen LogP contribution in [0, 0.1) is 0 Å². The van der Waals surface area contributed by atoms with Crippen molar-refractivity contribution in [2.24, 2.45) is 0 Å². The number of rotatable bonds is 5. The molecule has 1 amide bonds. The molecule has 0 radical (unpaired) electrons. The summed E-state index contributed by atoms with van der Waals surface area (Å²) in [6, 6.07) is 10.3. The maximum atomic E-state index is 13.2. The van der Waals surface area contributed by atoms with Crippen LogP contribution < -0.4 is 15.5 Å². The minimum Gasteiger partial charge on any atom is -0.469 e. The molecule has 10 heteroatoms. The van der Waals surface area contributed by atoms with Crippen molar-refractivity contribution in [1.29, 1.82) is 0 Å². The van der Waals surface area contributed by atoms with Crippen LogP contribution in [-0.2, 0) is 25.1 Å². The lowest BCUT2D eigenvalue weighted by molar-refractivity contribution is -0.137. The standard InChI is InChI=1S/C26H30N2O6.C3H6O2/c1-25(2,3)17-11-18(26(4,5)14-29)21(34-24(32)33-6)12-20(17)28-23(31)16-13-27-19-10-8-7-9-15(19)22(16)30;1-3(4)5-2/h7-13,29H,14H2,1-6H3,(H,27,30)(H,28,31);1-2H3. The number of aromatic nitrogens is 1. The number of anilines is 1. The predicted molar refractivity (Wildman–Crippen MR) is 148 cm³/mol. The Bertz CT molecular complexity index is 1420. The van der Waals surface area contributed by atoms with Crippen LogP contribution in [0.5, 0.6) is 5.75 Å². The van der Waals surface area contributed by atoms with Gasteiger partial charge in [-0.2, -0.15) is 0 Å². The molecule has 0 atom stereocenters. The molecule has 1 heterocycles. The van der Waals surface area contributed by atoms with Crippen molar-refractivity contribution < 1.29 is 33.7 Å². The quantitative estimate of drug-likeness (QED) is 0.313. The van der Waals surface area contributed by atoms with Gasteiger partial charge in [0.25, 0.3) is 5.91 Å². The van der Waals surface area contributed by atoms with Crippen molar-refractivity contribution in [3.05, 3.63) is 69.5 Å². The third kappa shape index (κ3) is 7.67. The summed E-state index contributed by atoms with van der Waals surface area (Å²) in [4.78, 5) is 50.6. The van der Waals surface area contributed by atoms with Crippen LogP contribution in [-0.4, -0.2) is 48.9 Å². The lowest BCUT2D eigenvalue weighted by atomic mass is 9.78. The van der Waals surface area contributed by atoms with Crippen molar-refractivity contribution in [2.75, 3.05) is 26.1 Å². The first kappa shape index (κ1) is 31.0. The zero-order valence-corrected chi connectivity index (χ0v) is 23.6. The molecule has 1 aromatic heterocycles. The van der Waals surface area contributed by atoms with E-state index in [1.54, 1.807) is 30.3 Å². The number of amides is 1. The van der Waals surface area contributed by atoms with Crippen molar-refractivity contribution in [1.82, 2.24) is 4.98 Å². The normalized spacial score (nSPS) is 11.2. The number of hydrogen-bond acceptors (Lipinski definition) is 8. The van der Waals surface area contributed by atoms with Gasteiger partial charge in [-0.15, -0.1) is 0 Å². The second-order valence-electron chi connectivity index (χ2n) is 10.5. The van der Waals surface area contributed by atoms with Gasteiger partial charge in [0.15, 0.2) is 0 Å². The van der Waals surface area contributed by atoms with Gasteiger partial charge in [-0.3, -0.25) is 14.4 Å². The topological polar surface area (TPSA) is 144 Å². The van der Waals surface area contributed by atoms with Crippen LogP contribution in [0.3, 0.4) is 0 Å². The minimum atomic E-state index is -0.929. The molecule has 0 aliphatic rings. The average Bonchev–Trinajstić information content (AvgIpc) is 2.88. The molecule has 0 aliphatic carbocycles. The molecule has 0 aliphatic heterocycles. The van der Waals surface area contributed by atoms with Crippen molar-refractivity contribution in [3.63, 3.8) is 0 Å². The molecule has 2 aromatic carbocycles. The molecule has 0 spiro atoms. The van der Waals surface area contributed by atoms with E-state index in [0.717, 1.165) is 5.56 Å². The van der Waals surface area contributed by atoms with Gasteiger partial charge < -0.3 is 29.6 Å². The molecule has 39 heavy (non-hydrogen) atoms. The number of esters is 1. The number of para-hydroxylation sites is 1. The number of aliphatic hydroxyl groups excluding tert-OH is 1. The van der Waals surface area contributed by atoms with E-state index in [4.69, 9.17) is 4.74 Å². The summed E-state index contributed by atoms with van der Waals surface area (Å²) in [6.07, 6.45) is 0.452. The molecule has 3 rings (SSSR count). The van der Waals surface area contributed by atoms with Crippen LogP contribution in [0.1, 0.15) is 63.0 Å². The Morgan fingerprint density at radius 1 is 0.974 bits per heavy atom. The van der Waals surface area contributed by atoms with Gasteiger partial charge in [0.2, 0.25) is 5.43 Å². The second-order valence-corrected chi connectivity index (χ2v) is 10.5. The van der Waals surface area contributed by atoms with E-state index >= 15 is 0 Å². The van der Waals surface area contributed by atoms with E-state index in [-0.39, 0.29) is 23.9 Å². The Balaban J connectivity index is 0.000000976. The molecule has 3 N–H and O–H groups in total. The smallest absolute Gasteiger partial charge is 0.469 e. The maximum Gasteiger partial charge on any atom is 0.513 e. The summed E-state index contributed by atoms with van der Waals surface area (Å²) in [5, 5.41) is 13.2. The van der Waals surface area contributed by atoms with Crippen LogP contribution in [0.2, 0.25) is 0 Å². The number of carbonyl (C=O) groups excluding carboxylic acids is 3.